The van der Waals surface area contributed by atoms with E-state index in [-0.39, 0.29) is 18.1 Å². The second-order valence-corrected chi connectivity index (χ2v) is 4.62. The van der Waals surface area contributed by atoms with Crippen molar-refractivity contribution in [2.24, 2.45) is 5.92 Å². The van der Waals surface area contributed by atoms with Crippen molar-refractivity contribution in [2.75, 3.05) is 17.3 Å². The maximum absolute atomic E-state index is 13.6. The summed E-state index contributed by atoms with van der Waals surface area (Å²) in [5.41, 5.74) is -0.836. The molecule has 2 rings (SSSR count). The molecule has 0 radical (unpaired) electrons. The van der Waals surface area contributed by atoms with Gasteiger partial charge in [0.2, 0.25) is 0 Å². The lowest BCUT2D eigenvalue weighted by atomic mass is 10.1. The lowest BCUT2D eigenvalue weighted by Gasteiger charge is -2.17. The van der Waals surface area contributed by atoms with Crippen molar-refractivity contribution in [3.8, 4) is 0 Å². The largest absolute Gasteiger partial charge is 0.416 e. The van der Waals surface area contributed by atoms with Gasteiger partial charge in [0.25, 0.3) is 5.91 Å². The number of carbonyl (C=O) groups is 1. The fourth-order valence-electron chi connectivity index (χ4n) is 1.98. The Hall–Kier alpha value is -1.30. The number of benzene rings is 1. The van der Waals surface area contributed by atoms with Crippen LogP contribution in [0.4, 0.5) is 23.2 Å². The molecule has 1 amide bonds. The Labute approximate surface area is 112 Å². The van der Waals surface area contributed by atoms with E-state index >= 15 is 0 Å². The number of carbonyl (C=O) groups excluding carboxylic acids is 1. The van der Waals surface area contributed by atoms with E-state index in [0.717, 1.165) is 17.0 Å². The Balaban J connectivity index is 2.31. The molecule has 0 saturated carbocycles. The zero-order chi connectivity index (χ0) is 14.2. The highest BCUT2D eigenvalue weighted by Crippen LogP contribution is 2.34. The van der Waals surface area contributed by atoms with Crippen LogP contribution >= 0.6 is 11.6 Å². The van der Waals surface area contributed by atoms with Crippen LogP contribution < -0.4 is 4.90 Å². The van der Waals surface area contributed by atoms with Gasteiger partial charge in [0.1, 0.15) is 0 Å². The smallest absolute Gasteiger partial charge is 0.309 e. The summed E-state index contributed by atoms with van der Waals surface area (Å²) < 4.78 is 51.3. The molecule has 1 aromatic rings. The van der Waals surface area contributed by atoms with Crippen LogP contribution in [0.2, 0.25) is 0 Å². The maximum atomic E-state index is 13.6. The number of halogens is 5. The molecule has 1 heterocycles. The van der Waals surface area contributed by atoms with Gasteiger partial charge in [-0.25, -0.2) is 4.39 Å². The highest BCUT2D eigenvalue weighted by Gasteiger charge is 2.41. The molecule has 0 aromatic heterocycles. The first-order chi connectivity index (χ1) is 8.84. The Bertz CT molecular complexity index is 491. The van der Waals surface area contributed by atoms with Gasteiger partial charge in [-0.15, -0.1) is 11.6 Å². The van der Waals surface area contributed by atoms with E-state index in [4.69, 9.17) is 11.6 Å². The molecule has 0 N–H and O–H groups in total. The van der Waals surface area contributed by atoms with Gasteiger partial charge in [0.15, 0.2) is 6.17 Å². The van der Waals surface area contributed by atoms with E-state index < -0.39 is 29.7 Å². The molecule has 1 saturated heterocycles. The second-order valence-electron chi connectivity index (χ2n) is 4.31. The van der Waals surface area contributed by atoms with E-state index in [2.05, 4.69) is 0 Å². The highest BCUT2D eigenvalue weighted by atomic mass is 35.5. The number of rotatable bonds is 2. The minimum atomic E-state index is -4.50. The third-order valence-electron chi connectivity index (χ3n) is 3.02. The normalized spacial score (nSPS) is 24.1. The topological polar surface area (TPSA) is 20.3 Å². The molecule has 2 nitrogen and oxygen atoms in total. The van der Waals surface area contributed by atoms with Crippen molar-refractivity contribution in [1.29, 1.82) is 0 Å². The molecule has 19 heavy (non-hydrogen) atoms. The van der Waals surface area contributed by atoms with Crippen LogP contribution in [0, 0.1) is 5.92 Å². The van der Waals surface area contributed by atoms with E-state index in [9.17, 15) is 22.4 Å². The van der Waals surface area contributed by atoms with Crippen LogP contribution in [0.3, 0.4) is 0 Å². The van der Waals surface area contributed by atoms with Crippen molar-refractivity contribution in [1.82, 2.24) is 0 Å². The fourth-order valence-corrected chi connectivity index (χ4v) is 2.23. The van der Waals surface area contributed by atoms with Gasteiger partial charge in [-0.1, -0.05) is 6.07 Å². The van der Waals surface area contributed by atoms with Crippen molar-refractivity contribution >= 4 is 23.2 Å². The van der Waals surface area contributed by atoms with E-state index in [0.29, 0.717) is 0 Å². The minimum Gasteiger partial charge on any atom is -0.309 e. The van der Waals surface area contributed by atoms with Gasteiger partial charge >= 0.3 is 6.18 Å². The second kappa shape index (κ2) is 5.00. The molecule has 7 heteroatoms. The van der Waals surface area contributed by atoms with E-state index in [1.54, 1.807) is 0 Å². The number of amides is 1. The summed E-state index contributed by atoms with van der Waals surface area (Å²) >= 11 is 5.53. The average molecular weight is 296 g/mol. The highest BCUT2D eigenvalue weighted by molar-refractivity contribution is 6.18. The molecule has 1 aromatic carbocycles. The van der Waals surface area contributed by atoms with E-state index in [1.807, 2.05) is 0 Å². The predicted molar refractivity (Wildman–Crippen MR) is 62.9 cm³/mol. The lowest BCUT2D eigenvalue weighted by molar-refractivity contribution is -0.137. The fraction of sp³-hybridized carbons (Fsp3) is 0.417. The third-order valence-corrected chi connectivity index (χ3v) is 3.41. The molecule has 1 fully saturated rings. The Kier molecular flexibility index (Phi) is 3.71. The van der Waals surface area contributed by atoms with E-state index in [1.165, 1.54) is 12.1 Å². The molecular formula is C12H10ClF4NO. The minimum absolute atomic E-state index is 0.00912. The summed E-state index contributed by atoms with van der Waals surface area (Å²) in [5, 5.41) is 0. The molecule has 1 aliphatic rings. The Morgan fingerprint density at radius 3 is 2.58 bits per heavy atom. The molecular weight excluding hydrogens is 286 g/mol. The van der Waals surface area contributed by atoms with Crippen molar-refractivity contribution in [2.45, 2.75) is 12.3 Å². The zero-order valence-electron chi connectivity index (χ0n) is 9.62. The number of nitrogens with zero attached hydrogens (tertiary/aromatic N) is 1. The number of hydrogen-bond acceptors (Lipinski definition) is 1. The summed E-state index contributed by atoms with van der Waals surface area (Å²) in [5.74, 6) is -1.59. The van der Waals surface area contributed by atoms with Crippen molar-refractivity contribution in [3.05, 3.63) is 29.8 Å². The molecule has 0 bridgehead atoms. The van der Waals surface area contributed by atoms with Crippen molar-refractivity contribution in [3.63, 3.8) is 0 Å². The first-order valence-electron chi connectivity index (χ1n) is 5.53. The molecule has 2 atom stereocenters. The summed E-state index contributed by atoms with van der Waals surface area (Å²) in [6, 6.07) is 4.26. The quantitative estimate of drug-likeness (QED) is 0.606. The van der Waals surface area contributed by atoms with Crippen LogP contribution in [0.25, 0.3) is 0 Å². The van der Waals surface area contributed by atoms with Gasteiger partial charge < -0.3 is 4.90 Å². The lowest BCUT2D eigenvalue weighted by Crippen LogP contribution is -2.27. The van der Waals surface area contributed by atoms with Crippen LogP contribution in [0.15, 0.2) is 24.3 Å². The number of hydrogen-bond donors (Lipinski definition) is 0. The number of anilines is 1. The summed E-state index contributed by atoms with van der Waals surface area (Å²) in [4.78, 5) is 12.7. The summed E-state index contributed by atoms with van der Waals surface area (Å²) in [6.45, 7) is -0.00912. The first-order valence-corrected chi connectivity index (χ1v) is 6.06. The zero-order valence-corrected chi connectivity index (χ0v) is 10.4. The molecule has 0 aliphatic carbocycles. The standard InChI is InChI=1S/C12H10ClF4NO/c13-5-7-6-18(11(19)10(7)14)9-3-1-2-8(4-9)12(15,16)17/h1-4,7,10H,5-6H2/t7-,10-/m1/s1. The number of alkyl halides is 5. The van der Waals surface area contributed by atoms with Gasteiger partial charge in [-0.2, -0.15) is 13.2 Å². The van der Waals surface area contributed by atoms with Crippen molar-refractivity contribution < 1.29 is 22.4 Å². The van der Waals surface area contributed by atoms with Gasteiger partial charge in [-0.3, -0.25) is 4.79 Å². The Morgan fingerprint density at radius 1 is 1.37 bits per heavy atom. The molecule has 0 spiro atoms. The van der Waals surface area contributed by atoms with Crippen LogP contribution in [-0.2, 0) is 11.0 Å². The van der Waals surface area contributed by atoms with Gasteiger partial charge in [0, 0.05) is 24.0 Å². The van der Waals surface area contributed by atoms with Crippen LogP contribution in [0.1, 0.15) is 5.56 Å². The monoisotopic (exact) mass is 295 g/mol. The molecule has 1 aliphatic heterocycles. The van der Waals surface area contributed by atoms with Gasteiger partial charge in [-0.05, 0) is 18.2 Å². The molecule has 0 unspecified atom stereocenters. The molecule has 104 valence electrons. The van der Waals surface area contributed by atoms with Crippen LogP contribution in [-0.4, -0.2) is 24.5 Å². The summed E-state index contributed by atoms with van der Waals surface area (Å²) in [6.07, 6.45) is -6.26. The Morgan fingerprint density at radius 2 is 2.05 bits per heavy atom. The summed E-state index contributed by atoms with van der Waals surface area (Å²) in [7, 11) is 0. The first kappa shape index (κ1) is 14.1. The predicted octanol–water partition coefficient (Wildman–Crippen LogP) is 3.25. The maximum Gasteiger partial charge on any atom is 0.416 e. The third kappa shape index (κ3) is 2.68. The van der Waals surface area contributed by atoms with Crippen LogP contribution in [0.5, 0.6) is 0 Å². The SMILES string of the molecule is O=C1[C@H](F)[C@H](CCl)CN1c1cccc(C(F)(F)F)c1. The average Bonchev–Trinajstić information content (AvgIpc) is 2.65. The van der Waals surface area contributed by atoms with Gasteiger partial charge in [0.05, 0.1) is 5.56 Å².